The van der Waals surface area contributed by atoms with Gasteiger partial charge in [0.25, 0.3) is 0 Å². The molecule has 0 unspecified atom stereocenters. The number of carbonyl (C=O) groups is 2. The lowest BCUT2D eigenvalue weighted by Crippen LogP contribution is -2.46. The molecule has 216 valence electrons. The number of H-pyrrole nitrogens is 1. The lowest BCUT2D eigenvalue weighted by molar-refractivity contribution is -0.000940. The molecular weight excluding hydrogens is 525 g/mol. The number of rotatable bonds is 6. The molecule has 5 rings (SSSR count). The largest absolute Gasteiger partial charge is 0.478 e. The molecule has 2 fully saturated rings. The Labute approximate surface area is 231 Å². The van der Waals surface area contributed by atoms with E-state index in [4.69, 9.17) is 9.84 Å². The van der Waals surface area contributed by atoms with E-state index in [9.17, 15) is 22.8 Å². The number of nitrogens with zero attached hydrogens (tertiary/aromatic N) is 3. The molecule has 0 bridgehead atoms. The molecule has 1 aromatic heterocycles. The first kappa shape index (κ1) is 30.7. The van der Waals surface area contributed by atoms with E-state index in [0.29, 0.717) is 57.6 Å². The number of anilines is 1. The number of hydrogen-bond acceptors (Lipinski definition) is 5. The number of alkyl halides is 1. The van der Waals surface area contributed by atoms with Gasteiger partial charge >= 0.3 is 12.1 Å². The summed E-state index contributed by atoms with van der Waals surface area (Å²) in [7, 11) is 0.500. The third kappa shape index (κ3) is 7.20. The number of likely N-dealkylation sites (tertiary alicyclic amines) is 1. The molecule has 2 aliphatic heterocycles. The summed E-state index contributed by atoms with van der Waals surface area (Å²) in [6.07, 6.45) is 5.09. The van der Waals surface area contributed by atoms with E-state index in [1.165, 1.54) is 42.0 Å². The third-order valence-corrected chi connectivity index (χ3v) is 6.98. The van der Waals surface area contributed by atoms with E-state index < -0.39 is 29.3 Å². The molecule has 3 heterocycles. The summed E-state index contributed by atoms with van der Waals surface area (Å²) >= 11 is 0. The quantitative estimate of drug-likeness (QED) is 0.360. The number of unbranched alkanes of at least 4 members (excludes halogenated alkanes) is 1. The average molecular weight is 561 g/mol. The first-order valence-corrected chi connectivity index (χ1v) is 13.2. The zero-order valence-electron chi connectivity index (χ0n) is 22.9. The minimum atomic E-state index is -1.03. The lowest BCUT2D eigenvalue weighted by atomic mass is 9.91. The first-order valence-electron chi connectivity index (χ1n) is 13.2. The Morgan fingerprint density at radius 1 is 1.07 bits per heavy atom. The Hall–Kier alpha value is -3.86. The summed E-state index contributed by atoms with van der Waals surface area (Å²) in [5, 5.41) is 15.9. The molecular formula is C29H35F3N4O4. The fourth-order valence-corrected chi connectivity index (χ4v) is 4.58. The molecule has 0 atom stereocenters. The number of aromatic amines is 1. The standard InChI is InChI=1S/C24H22F2N4O4.C4H10.CH3F/c25-17-3-6-19(20(26)11-17)21-16(12-27-28-21)13-29-9-7-24(8-10-29)14-30(23(33)34-24)18-4-1-15(2-5-18)22(31)32;1-3-4-2;1-2/h1-6,11-12H,7-10,13-14H2,(H,27,28)(H,31,32);3-4H2,1-2H3;1H3. The smallest absolute Gasteiger partial charge is 0.415 e. The van der Waals surface area contributed by atoms with Crippen LogP contribution in [-0.4, -0.2) is 64.7 Å². The van der Waals surface area contributed by atoms with Gasteiger partial charge in [-0.15, -0.1) is 0 Å². The molecule has 40 heavy (non-hydrogen) atoms. The van der Waals surface area contributed by atoms with Gasteiger partial charge in [-0.25, -0.2) is 18.4 Å². The number of piperidine rings is 1. The molecule has 11 heteroatoms. The highest BCUT2D eigenvalue weighted by Gasteiger charge is 2.47. The Morgan fingerprint density at radius 2 is 1.73 bits per heavy atom. The van der Waals surface area contributed by atoms with Gasteiger partial charge in [0.2, 0.25) is 0 Å². The van der Waals surface area contributed by atoms with Crippen molar-refractivity contribution in [3.63, 3.8) is 0 Å². The fourth-order valence-electron chi connectivity index (χ4n) is 4.58. The molecule has 1 amide bonds. The van der Waals surface area contributed by atoms with Crippen molar-refractivity contribution in [2.24, 2.45) is 0 Å². The van der Waals surface area contributed by atoms with Gasteiger partial charge in [0.1, 0.15) is 17.2 Å². The minimum Gasteiger partial charge on any atom is -0.478 e. The van der Waals surface area contributed by atoms with Crippen molar-refractivity contribution in [3.05, 3.63) is 71.4 Å². The van der Waals surface area contributed by atoms with Gasteiger partial charge in [0.05, 0.1) is 31.2 Å². The predicted molar refractivity (Wildman–Crippen MR) is 146 cm³/mol. The molecule has 8 nitrogen and oxygen atoms in total. The second-order valence-electron chi connectivity index (χ2n) is 9.66. The van der Waals surface area contributed by atoms with Crippen LogP contribution in [0.25, 0.3) is 11.3 Å². The maximum atomic E-state index is 14.3. The van der Waals surface area contributed by atoms with E-state index in [1.54, 1.807) is 18.3 Å². The van der Waals surface area contributed by atoms with Gasteiger partial charge < -0.3 is 9.84 Å². The number of carboxylic acids is 1. The monoisotopic (exact) mass is 560 g/mol. The topological polar surface area (TPSA) is 98.8 Å². The Bertz CT molecular complexity index is 1270. The summed E-state index contributed by atoms with van der Waals surface area (Å²) in [6, 6.07) is 9.59. The molecule has 0 saturated carbocycles. The van der Waals surface area contributed by atoms with Crippen LogP contribution < -0.4 is 4.90 Å². The molecule has 0 aliphatic carbocycles. The summed E-state index contributed by atoms with van der Waals surface area (Å²) in [4.78, 5) is 27.3. The average Bonchev–Trinajstić information content (AvgIpc) is 3.55. The van der Waals surface area contributed by atoms with Crippen LogP contribution in [0.15, 0.2) is 48.7 Å². The lowest BCUT2D eigenvalue weighted by Gasteiger charge is -2.37. The summed E-state index contributed by atoms with van der Waals surface area (Å²) in [5.41, 5.74) is 1.71. The van der Waals surface area contributed by atoms with E-state index in [0.717, 1.165) is 11.6 Å². The molecule has 2 aliphatic rings. The van der Waals surface area contributed by atoms with Crippen molar-refractivity contribution in [2.45, 2.75) is 51.7 Å². The second-order valence-corrected chi connectivity index (χ2v) is 9.66. The molecule has 1 spiro atoms. The van der Waals surface area contributed by atoms with Gasteiger partial charge in [0, 0.05) is 55.4 Å². The number of halogens is 3. The number of amides is 1. The Balaban J connectivity index is 0.000000677. The number of hydrogen-bond donors (Lipinski definition) is 2. The molecule has 3 aromatic rings. The fraction of sp³-hybridized carbons (Fsp3) is 0.414. The first-order chi connectivity index (χ1) is 19.2. The number of carboxylic acid groups (broad SMARTS) is 1. The predicted octanol–water partition coefficient (Wildman–Crippen LogP) is 6.44. The van der Waals surface area contributed by atoms with Crippen molar-refractivity contribution in [1.82, 2.24) is 15.1 Å². The van der Waals surface area contributed by atoms with Gasteiger partial charge in [-0.2, -0.15) is 5.10 Å². The second kappa shape index (κ2) is 14.0. The SMILES string of the molecule is CCCC.CF.O=C(O)c1ccc(N2CC3(CCN(Cc4cn[nH]c4-c4ccc(F)cc4F)CC3)OC2=O)cc1. The zero-order chi connectivity index (χ0) is 29.3. The number of benzene rings is 2. The van der Waals surface area contributed by atoms with Crippen LogP contribution in [0.5, 0.6) is 0 Å². The van der Waals surface area contributed by atoms with Gasteiger partial charge in [-0.1, -0.05) is 26.7 Å². The van der Waals surface area contributed by atoms with Crippen molar-refractivity contribution >= 4 is 17.7 Å². The minimum absolute atomic E-state index is 0.151. The van der Waals surface area contributed by atoms with Gasteiger partial charge in [-0.05, 0) is 36.4 Å². The van der Waals surface area contributed by atoms with Gasteiger partial charge in [0.15, 0.2) is 0 Å². The van der Waals surface area contributed by atoms with Crippen LogP contribution in [0.3, 0.4) is 0 Å². The van der Waals surface area contributed by atoms with Crippen molar-refractivity contribution in [3.8, 4) is 11.3 Å². The van der Waals surface area contributed by atoms with E-state index in [1.807, 2.05) is 0 Å². The highest BCUT2D eigenvalue weighted by molar-refractivity contribution is 5.92. The summed E-state index contributed by atoms with van der Waals surface area (Å²) in [5.74, 6) is -2.32. The van der Waals surface area contributed by atoms with Crippen LogP contribution in [0.2, 0.25) is 0 Å². The normalized spacial score (nSPS) is 16.1. The summed E-state index contributed by atoms with van der Waals surface area (Å²) < 4.78 is 42.8. The highest BCUT2D eigenvalue weighted by atomic mass is 19.1. The molecule has 2 saturated heterocycles. The van der Waals surface area contributed by atoms with Crippen molar-refractivity contribution in [1.29, 1.82) is 0 Å². The Morgan fingerprint density at radius 3 is 2.30 bits per heavy atom. The van der Waals surface area contributed by atoms with Crippen LogP contribution in [0, 0.1) is 11.6 Å². The third-order valence-electron chi connectivity index (χ3n) is 6.98. The van der Waals surface area contributed by atoms with Crippen LogP contribution >= 0.6 is 0 Å². The van der Waals surface area contributed by atoms with E-state index >= 15 is 0 Å². The van der Waals surface area contributed by atoms with Gasteiger partial charge in [-0.3, -0.25) is 19.3 Å². The van der Waals surface area contributed by atoms with E-state index in [-0.39, 0.29) is 11.1 Å². The molecule has 2 N–H and O–H groups in total. The van der Waals surface area contributed by atoms with Crippen LogP contribution in [0.4, 0.5) is 23.7 Å². The summed E-state index contributed by atoms with van der Waals surface area (Å²) in [6.45, 7) is 6.60. The van der Waals surface area contributed by atoms with Crippen LogP contribution in [-0.2, 0) is 11.3 Å². The zero-order valence-corrected chi connectivity index (χ0v) is 22.9. The maximum absolute atomic E-state index is 14.3. The van der Waals surface area contributed by atoms with Crippen LogP contribution in [0.1, 0.15) is 55.5 Å². The number of nitrogens with one attached hydrogen (secondary N) is 1. The highest BCUT2D eigenvalue weighted by Crippen LogP contribution is 2.36. The number of aromatic nitrogens is 2. The Kier molecular flexibility index (Phi) is 10.7. The maximum Gasteiger partial charge on any atom is 0.415 e. The molecule has 0 radical (unpaired) electrons. The number of aromatic carboxylic acids is 1. The van der Waals surface area contributed by atoms with E-state index in [2.05, 4.69) is 28.9 Å². The number of ether oxygens (including phenoxy) is 1. The molecule has 2 aromatic carbocycles. The number of carbonyl (C=O) groups excluding carboxylic acids is 1. The van der Waals surface area contributed by atoms with Crippen molar-refractivity contribution in [2.75, 3.05) is 31.7 Å². The van der Waals surface area contributed by atoms with Crippen molar-refractivity contribution < 1.29 is 32.6 Å².